The molecule has 0 aliphatic carbocycles. The number of para-hydroxylation sites is 1. The van der Waals surface area contributed by atoms with Crippen molar-refractivity contribution >= 4 is 29.3 Å². The molecule has 6 heteroatoms. The van der Waals surface area contributed by atoms with Gasteiger partial charge in [0.2, 0.25) is 0 Å². The van der Waals surface area contributed by atoms with E-state index < -0.39 is 17.4 Å². The van der Waals surface area contributed by atoms with Gasteiger partial charge in [-0.15, -0.1) is 11.8 Å². The van der Waals surface area contributed by atoms with Gasteiger partial charge >= 0.3 is 11.8 Å². The molecule has 0 heterocycles. The first-order valence-corrected chi connectivity index (χ1v) is 10.7. The number of carbonyl (C=O) groups excluding carboxylic acids is 2. The molecule has 2 amide bonds. The lowest BCUT2D eigenvalue weighted by atomic mass is 9.93. The van der Waals surface area contributed by atoms with Crippen LogP contribution in [0.15, 0.2) is 83.8 Å². The Kier molecular flexibility index (Phi) is 6.92. The fourth-order valence-electron chi connectivity index (χ4n) is 3.01. The molecule has 0 aromatic heterocycles. The number of nitrogens with one attached hydrogen (secondary N) is 2. The second-order valence-electron chi connectivity index (χ2n) is 7.05. The molecule has 0 saturated carbocycles. The third-order valence-corrected chi connectivity index (χ3v) is 5.56. The van der Waals surface area contributed by atoms with Gasteiger partial charge in [-0.3, -0.25) is 9.59 Å². The number of anilines is 1. The van der Waals surface area contributed by atoms with Crippen molar-refractivity contribution in [2.24, 2.45) is 0 Å². The summed E-state index contributed by atoms with van der Waals surface area (Å²) in [6.45, 7) is 1.51. The molecule has 0 aliphatic rings. The lowest BCUT2D eigenvalue weighted by molar-refractivity contribution is -0.136. The number of hydrogen-bond donors (Lipinski definition) is 3. The van der Waals surface area contributed by atoms with E-state index in [0.29, 0.717) is 11.3 Å². The average Bonchev–Trinajstić information content (AvgIpc) is 2.78. The largest absolute Gasteiger partial charge is 0.384 e. The minimum atomic E-state index is -1.32. The Morgan fingerprint density at radius 2 is 1.47 bits per heavy atom. The van der Waals surface area contributed by atoms with Crippen LogP contribution < -0.4 is 10.6 Å². The molecule has 0 saturated heterocycles. The second-order valence-corrected chi connectivity index (χ2v) is 7.90. The van der Waals surface area contributed by atoms with E-state index in [1.165, 1.54) is 11.8 Å². The van der Waals surface area contributed by atoms with Crippen molar-refractivity contribution in [2.45, 2.75) is 17.4 Å². The van der Waals surface area contributed by atoms with Crippen LogP contribution in [0.4, 0.5) is 5.69 Å². The van der Waals surface area contributed by atoms with E-state index in [0.717, 1.165) is 16.0 Å². The van der Waals surface area contributed by atoms with Gasteiger partial charge in [0.15, 0.2) is 0 Å². The maximum absolute atomic E-state index is 12.2. The summed E-state index contributed by atoms with van der Waals surface area (Å²) < 4.78 is 0. The van der Waals surface area contributed by atoms with E-state index in [1.807, 2.05) is 73.0 Å². The number of hydrogen-bond acceptors (Lipinski definition) is 4. The van der Waals surface area contributed by atoms with Gasteiger partial charge in [-0.25, -0.2) is 0 Å². The molecular weight excluding hydrogens is 396 g/mol. The van der Waals surface area contributed by atoms with Crippen molar-refractivity contribution in [1.29, 1.82) is 0 Å². The van der Waals surface area contributed by atoms with Gasteiger partial charge in [0.05, 0.1) is 12.2 Å². The fraction of sp³-hybridized carbons (Fsp3) is 0.167. The van der Waals surface area contributed by atoms with Gasteiger partial charge in [0.1, 0.15) is 5.60 Å². The summed E-state index contributed by atoms with van der Waals surface area (Å²) in [7, 11) is 0. The molecule has 0 radical (unpaired) electrons. The van der Waals surface area contributed by atoms with E-state index >= 15 is 0 Å². The third-order valence-electron chi connectivity index (χ3n) is 4.77. The van der Waals surface area contributed by atoms with Crippen LogP contribution in [0.2, 0.25) is 0 Å². The first-order valence-electron chi connectivity index (χ1n) is 9.51. The zero-order chi connectivity index (χ0) is 21.6. The van der Waals surface area contributed by atoms with Crippen LogP contribution in [-0.4, -0.2) is 29.7 Å². The zero-order valence-electron chi connectivity index (χ0n) is 16.9. The quantitative estimate of drug-likeness (QED) is 0.415. The summed E-state index contributed by atoms with van der Waals surface area (Å²) in [5, 5.41) is 15.9. The summed E-state index contributed by atoms with van der Waals surface area (Å²) in [6, 6.07) is 24.7. The molecule has 0 bridgehead atoms. The molecule has 0 fully saturated rings. The third kappa shape index (κ3) is 5.28. The highest BCUT2D eigenvalue weighted by atomic mass is 32.2. The number of rotatable bonds is 6. The predicted molar refractivity (Wildman–Crippen MR) is 121 cm³/mol. The first-order chi connectivity index (χ1) is 14.4. The van der Waals surface area contributed by atoms with Crippen LogP contribution in [0.25, 0.3) is 11.1 Å². The molecule has 3 aromatic rings. The van der Waals surface area contributed by atoms with Gasteiger partial charge in [-0.2, -0.15) is 0 Å². The van der Waals surface area contributed by atoms with Crippen LogP contribution in [0.3, 0.4) is 0 Å². The lowest BCUT2D eigenvalue weighted by Crippen LogP contribution is -2.43. The molecule has 0 unspecified atom stereocenters. The minimum Gasteiger partial charge on any atom is -0.384 e. The van der Waals surface area contributed by atoms with Gasteiger partial charge in [-0.1, -0.05) is 66.7 Å². The molecule has 154 valence electrons. The normalized spacial score (nSPS) is 12.6. The average molecular weight is 421 g/mol. The van der Waals surface area contributed by atoms with E-state index in [2.05, 4.69) is 10.6 Å². The smallest absolute Gasteiger partial charge is 0.313 e. The SMILES string of the molecule is CSc1ccccc1NC(=O)C(=O)NC[C@@](C)(O)c1ccc(-c2ccccc2)cc1. The van der Waals surface area contributed by atoms with Crippen LogP contribution in [0.1, 0.15) is 12.5 Å². The van der Waals surface area contributed by atoms with Gasteiger partial charge in [0.25, 0.3) is 0 Å². The standard InChI is InChI=1S/C24H24N2O3S/c1-24(29,19-14-12-18(13-15-19)17-8-4-3-5-9-17)16-25-22(27)23(28)26-20-10-6-7-11-21(20)30-2/h3-15,29H,16H2,1-2H3,(H,25,27)(H,26,28)/t24-/m1/s1. The number of benzene rings is 3. The summed E-state index contributed by atoms with van der Waals surface area (Å²) in [5.41, 5.74) is 2.02. The van der Waals surface area contributed by atoms with Gasteiger partial charge in [-0.05, 0) is 42.0 Å². The Hall–Kier alpha value is -3.09. The predicted octanol–water partition coefficient (Wildman–Crippen LogP) is 4.04. The monoisotopic (exact) mass is 420 g/mol. The van der Waals surface area contributed by atoms with Gasteiger partial charge in [0, 0.05) is 4.90 Å². The highest BCUT2D eigenvalue weighted by Crippen LogP contribution is 2.26. The topological polar surface area (TPSA) is 78.4 Å². The fourth-order valence-corrected chi connectivity index (χ4v) is 3.57. The molecule has 0 spiro atoms. The van der Waals surface area contributed by atoms with Gasteiger partial charge < -0.3 is 15.7 Å². The zero-order valence-corrected chi connectivity index (χ0v) is 17.7. The van der Waals surface area contributed by atoms with Crippen LogP contribution in [0, 0.1) is 0 Å². The Morgan fingerprint density at radius 3 is 2.13 bits per heavy atom. The number of thioether (sulfide) groups is 1. The maximum Gasteiger partial charge on any atom is 0.313 e. The highest BCUT2D eigenvalue weighted by Gasteiger charge is 2.25. The van der Waals surface area contributed by atoms with Crippen LogP contribution in [-0.2, 0) is 15.2 Å². The maximum atomic E-state index is 12.2. The lowest BCUT2D eigenvalue weighted by Gasteiger charge is -2.24. The first kappa shape index (κ1) is 21.6. The Labute approximate surface area is 180 Å². The number of carbonyl (C=O) groups is 2. The molecule has 0 aliphatic heterocycles. The van der Waals surface area contributed by atoms with Crippen molar-refractivity contribution in [3.05, 3.63) is 84.4 Å². The molecule has 3 aromatic carbocycles. The summed E-state index contributed by atoms with van der Waals surface area (Å²) in [5.74, 6) is -1.57. The van der Waals surface area contributed by atoms with Crippen LogP contribution >= 0.6 is 11.8 Å². The minimum absolute atomic E-state index is 0.0892. The molecule has 1 atom stereocenters. The van der Waals surface area contributed by atoms with Crippen molar-refractivity contribution in [2.75, 3.05) is 18.1 Å². The molecule has 3 N–H and O–H groups in total. The van der Waals surface area contributed by atoms with Crippen molar-refractivity contribution in [3.8, 4) is 11.1 Å². The summed E-state index contributed by atoms with van der Waals surface area (Å²) in [4.78, 5) is 25.3. The van der Waals surface area contributed by atoms with Crippen LogP contribution in [0.5, 0.6) is 0 Å². The van der Waals surface area contributed by atoms with E-state index in [9.17, 15) is 14.7 Å². The Morgan fingerprint density at radius 1 is 0.867 bits per heavy atom. The summed E-state index contributed by atoms with van der Waals surface area (Å²) in [6.07, 6.45) is 1.89. The Balaban J connectivity index is 1.61. The molecule has 5 nitrogen and oxygen atoms in total. The van der Waals surface area contributed by atoms with Crippen molar-refractivity contribution < 1.29 is 14.7 Å². The van der Waals surface area contributed by atoms with E-state index in [-0.39, 0.29) is 6.54 Å². The second kappa shape index (κ2) is 9.61. The molecule has 3 rings (SSSR count). The molecule has 30 heavy (non-hydrogen) atoms. The van der Waals surface area contributed by atoms with Crippen molar-refractivity contribution in [3.63, 3.8) is 0 Å². The number of aliphatic hydroxyl groups is 1. The van der Waals surface area contributed by atoms with E-state index in [4.69, 9.17) is 0 Å². The highest BCUT2D eigenvalue weighted by molar-refractivity contribution is 7.98. The van der Waals surface area contributed by atoms with Crippen molar-refractivity contribution in [1.82, 2.24) is 5.32 Å². The Bertz CT molecular complexity index is 1020. The van der Waals surface area contributed by atoms with E-state index in [1.54, 1.807) is 19.1 Å². The number of amides is 2. The molecular formula is C24H24N2O3S. The summed E-state index contributed by atoms with van der Waals surface area (Å²) >= 11 is 1.48.